The van der Waals surface area contributed by atoms with Crippen LogP contribution in [0.25, 0.3) is 0 Å². The molecule has 6 nitrogen and oxygen atoms in total. The number of non-ortho nitro benzene ring substituents is 1. The van der Waals surface area contributed by atoms with Gasteiger partial charge in [0.15, 0.2) is 0 Å². The van der Waals surface area contributed by atoms with Gasteiger partial charge in [0.1, 0.15) is 0 Å². The van der Waals surface area contributed by atoms with Gasteiger partial charge in [0, 0.05) is 40.3 Å². The largest absolute Gasteiger partial charge is 0.326 e. The van der Waals surface area contributed by atoms with Crippen molar-refractivity contribution in [3.05, 3.63) is 68.2 Å². The molecule has 1 amide bonds. The van der Waals surface area contributed by atoms with E-state index in [2.05, 4.69) is 10.2 Å². The fourth-order valence-electron chi connectivity index (χ4n) is 3.19. The quantitative estimate of drug-likeness (QED) is 0.572. The van der Waals surface area contributed by atoms with E-state index in [0.717, 1.165) is 38.0 Å². The molecule has 0 radical (unpaired) electrons. The van der Waals surface area contributed by atoms with Crippen molar-refractivity contribution in [2.45, 2.75) is 19.4 Å². The van der Waals surface area contributed by atoms with Crippen LogP contribution in [0, 0.1) is 16.0 Å². The molecular formula is C19H19Cl2N3O3. The van der Waals surface area contributed by atoms with Gasteiger partial charge in [-0.2, -0.15) is 0 Å². The first-order chi connectivity index (χ1) is 12.9. The Morgan fingerprint density at radius 2 is 1.93 bits per heavy atom. The van der Waals surface area contributed by atoms with E-state index >= 15 is 0 Å². The summed E-state index contributed by atoms with van der Waals surface area (Å²) in [5.74, 6) is -0.208. The molecule has 1 heterocycles. The highest BCUT2D eigenvalue weighted by Gasteiger charge is 2.25. The van der Waals surface area contributed by atoms with Gasteiger partial charge in [-0.15, -0.1) is 0 Å². The summed E-state index contributed by atoms with van der Waals surface area (Å²) in [7, 11) is 0. The summed E-state index contributed by atoms with van der Waals surface area (Å²) < 4.78 is 0. The molecule has 1 aliphatic rings. The summed E-state index contributed by atoms with van der Waals surface area (Å²) in [6.45, 7) is 2.28. The molecule has 8 heteroatoms. The van der Waals surface area contributed by atoms with Crippen LogP contribution < -0.4 is 5.32 Å². The van der Waals surface area contributed by atoms with Gasteiger partial charge >= 0.3 is 0 Å². The summed E-state index contributed by atoms with van der Waals surface area (Å²) in [4.78, 5) is 25.1. The lowest BCUT2D eigenvalue weighted by molar-refractivity contribution is -0.384. The molecule has 2 aromatic carbocycles. The highest BCUT2D eigenvalue weighted by molar-refractivity contribution is 6.35. The number of nitro benzene ring substituents is 1. The van der Waals surface area contributed by atoms with E-state index in [1.165, 1.54) is 12.1 Å². The number of piperidine rings is 1. The molecule has 142 valence electrons. The maximum atomic E-state index is 12.5. The molecule has 1 fully saturated rings. The molecule has 2 aromatic rings. The SMILES string of the molecule is O=C(Nc1cccc([N+](=O)[O-])c1)C1CCN(Cc2ccc(Cl)cc2Cl)CC1. The van der Waals surface area contributed by atoms with Crippen molar-refractivity contribution in [2.75, 3.05) is 18.4 Å². The summed E-state index contributed by atoms with van der Waals surface area (Å²) in [6.07, 6.45) is 1.46. The number of nitro groups is 1. The summed E-state index contributed by atoms with van der Waals surface area (Å²) in [5.41, 5.74) is 1.42. The van der Waals surface area contributed by atoms with E-state index < -0.39 is 4.92 Å². The van der Waals surface area contributed by atoms with Crippen molar-refractivity contribution < 1.29 is 9.72 Å². The fraction of sp³-hybridized carbons (Fsp3) is 0.316. The van der Waals surface area contributed by atoms with Crippen LogP contribution in [0.3, 0.4) is 0 Å². The van der Waals surface area contributed by atoms with E-state index in [0.29, 0.717) is 15.7 Å². The van der Waals surface area contributed by atoms with Crippen molar-refractivity contribution in [2.24, 2.45) is 5.92 Å². The maximum Gasteiger partial charge on any atom is 0.271 e. The number of carbonyl (C=O) groups is 1. The Morgan fingerprint density at radius 3 is 2.59 bits per heavy atom. The lowest BCUT2D eigenvalue weighted by Gasteiger charge is -2.31. The number of hydrogen-bond donors (Lipinski definition) is 1. The predicted molar refractivity (Wildman–Crippen MR) is 106 cm³/mol. The molecule has 0 atom stereocenters. The van der Waals surface area contributed by atoms with Crippen LogP contribution in [0.4, 0.5) is 11.4 Å². The number of carbonyl (C=O) groups excluding carboxylic acids is 1. The summed E-state index contributed by atoms with van der Waals surface area (Å²) in [6, 6.07) is 11.5. The van der Waals surface area contributed by atoms with Crippen molar-refractivity contribution >= 4 is 40.5 Å². The number of rotatable bonds is 5. The van der Waals surface area contributed by atoms with Crippen LogP contribution >= 0.6 is 23.2 Å². The first-order valence-electron chi connectivity index (χ1n) is 8.64. The zero-order valence-corrected chi connectivity index (χ0v) is 16.0. The second kappa shape index (κ2) is 8.69. The molecular weight excluding hydrogens is 389 g/mol. The highest BCUT2D eigenvalue weighted by atomic mass is 35.5. The number of amides is 1. The van der Waals surface area contributed by atoms with Crippen LogP contribution in [-0.2, 0) is 11.3 Å². The Morgan fingerprint density at radius 1 is 1.19 bits per heavy atom. The number of nitrogens with one attached hydrogen (secondary N) is 1. The van der Waals surface area contributed by atoms with E-state index in [4.69, 9.17) is 23.2 Å². The van der Waals surface area contributed by atoms with Crippen LogP contribution in [-0.4, -0.2) is 28.8 Å². The number of anilines is 1. The van der Waals surface area contributed by atoms with Gasteiger partial charge in [-0.3, -0.25) is 19.8 Å². The molecule has 0 saturated carbocycles. The first kappa shape index (κ1) is 19.6. The number of hydrogen-bond acceptors (Lipinski definition) is 4. The lowest BCUT2D eigenvalue weighted by Crippen LogP contribution is -2.37. The zero-order chi connectivity index (χ0) is 19.4. The normalized spacial score (nSPS) is 15.5. The maximum absolute atomic E-state index is 12.5. The smallest absolute Gasteiger partial charge is 0.271 e. The van der Waals surface area contributed by atoms with E-state index in [1.807, 2.05) is 12.1 Å². The van der Waals surface area contributed by atoms with Crippen molar-refractivity contribution in [3.63, 3.8) is 0 Å². The minimum Gasteiger partial charge on any atom is -0.326 e. The second-order valence-electron chi connectivity index (χ2n) is 6.58. The standard InChI is InChI=1S/C19H19Cl2N3O3/c20-15-5-4-14(18(21)10-15)12-23-8-6-13(7-9-23)19(25)22-16-2-1-3-17(11-16)24(26)27/h1-5,10-11,13H,6-9,12H2,(H,22,25). The molecule has 0 bridgehead atoms. The molecule has 0 unspecified atom stereocenters. The monoisotopic (exact) mass is 407 g/mol. The molecule has 1 aliphatic heterocycles. The van der Waals surface area contributed by atoms with Crippen LogP contribution in [0.5, 0.6) is 0 Å². The Hall–Kier alpha value is -2.15. The molecule has 0 spiro atoms. The predicted octanol–water partition coefficient (Wildman–Crippen LogP) is 4.75. The third kappa shape index (κ3) is 5.19. The average molecular weight is 408 g/mol. The van der Waals surface area contributed by atoms with Gasteiger partial charge in [0.05, 0.1) is 4.92 Å². The van der Waals surface area contributed by atoms with Gasteiger partial charge < -0.3 is 5.32 Å². The molecule has 1 saturated heterocycles. The Bertz CT molecular complexity index is 852. The third-order valence-corrected chi connectivity index (χ3v) is 5.28. The van der Waals surface area contributed by atoms with Crippen LogP contribution in [0.2, 0.25) is 10.0 Å². The second-order valence-corrected chi connectivity index (χ2v) is 7.43. The minimum absolute atomic E-state index is 0.0394. The summed E-state index contributed by atoms with van der Waals surface area (Å²) in [5, 5.41) is 14.9. The highest BCUT2D eigenvalue weighted by Crippen LogP contribution is 2.26. The fourth-order valence-corrected chi connectivity index (χ4v) is 3.65. The molecule has 0 aromatic heterocycles. The molecule has 3 rings (SSSR count). The number of nitrogens with zero attached hydrogens (tertiary/aromatic N) is 2. The molecule has 27 heavy (non-hydrogen) atoms. The number of benzene rings is 2. The first-order valence-corrected chi connectivity index (χ1v) is 9.39. The Labute approximate surface area is 167 Å². The van der Waals surface area contributed by atoms with Gasteiger partial charge in [0.2, 0.25) is 5.91 Å². The minimum atomic E-state index is -0.476. The number of likely N-dealkylation sites (tertiary alicyclic amines) is 1. The van der Waals surface area contributed by atoms with Crippen molar-refractivity contribution in [1.29, 1.82) is 0 Å². The van der Waals surface area contributed by atoms with Gasteiger partial charge in [-0.1, -0.05) is 35.3 Å². The Balaban J connectivity index is 1.53. The molecule has 1 N–H and O–H groups in total. The van der Waals surface area contributed by atoms with E-state index in [1.54, 1.807) is 18.2 Å². The third-order valence-electron chi connectivity index (χ3n) is 4.69. The van der Waals surface area contributed by atoms with Crippen LogP contribution in [0.15, 0.2) is 42.5 Å². The van der Waals surface area contributed by atoms with Crippen molar-refractivity contribution in [1.82, 2.24) is 4.90 Å². The summed E-state index contributed by atoms with van der Waals surface area (Å²) >= 11 is 12.2. The zero-order valence-electron chi connectivity index (χ0n) is 14.5. The van der Waals surface area contributed by atoms with Crippen molar-refractivity contribution in [3.8, 4) is 0 Å². The van der Waals surface area contributed by atoms with E-state index in [-0.39, 0.29) is 17.5 Å². The lowest BCUT2D eigenvalue weighted by atomic mass is 9.95. The van der Waals surface area contributed by atoms with E-state index in [9.17, 15) is 14.9 Å². The van der Waals surface area contributed by atoms with Gasteiger partial charge in [-0.25, -0.2) is 0 Å². The average Bonchev–Trinajstić information content (AvgIpc) is 2.65. The number of halogens is 2. The van der Waals surface area contributed by atoms with Gasteiger partial charge in [0.25, 0.3) is 5.69 Å². The topological polar surface area (TPSA) is 75.5 Å². The van der Waals surface area contributed by atoms with Gasteiger partial charge in [-0.05, 0) is 49.7 Å². The molecule has 0 aliphatic carbocycles. The van der Waals surface area contributed by atoms with Crippen LogP contribution in [0.1, 0.15) is 18.4 Å². The Kier molecular flexibility index (Phi) is 6.31.